The smallest absolute Gasteiger partial charge is 0.255 e. The lowest BCUT2D eigenvalue weighted by molar-refractivity contribution is 0.0935. The first-order valence-corrected chi connectivity index (χ1v) is 8.51. The molecule has 0 fully saturated rings. The fraction of sp³-hybridized carbons (Fsp3) is 0.111. The molecule has 1 aromatic heterocycles. The summed E-state index contributed by atoms with van der Waals surface area (Å²) in [5.74, 6) is 0.631. The highest BCUT2D eigenvalue weighted by Crippen LogP contribution is 2.31. The number of fused-ring (bicyclic) bond motifs is 1. The summed E-state index contributed by atoms with van der Waals surface area (Å²) in [6, 6.07) is 15.2. The van der Waals surface area contributed by atoms with E-state index in [2.05, 4.69) is 15.6 Å². The van der Waals surface area contributed by atoms with Gasteiger partial charge in [0.15, 0.2) is 0 Å². The highest BCUT2D eigenvalue weighted by Gasteiger charge is 2.26. The Morgan fingerprint density at radius 3 is 2.79 bits per heavy atom. The minimum atomic E-state index is -0.334. The van der Waals surface area contributed by atoms with E-state index < -0.39 is 0 Å². The second-order valence-corrected chi connectivity index (χ2v) is 6.12. The molecule has 2 N–H and O–H groups in total. The Bertz CT molecular complexity index is 864. The van der Waals surface area contributed by atoms with Crippen molar-refractivity contribution in [2.24, 2.45) is 0 Å². The summed E-state index contributed by atoms with van der Waals surface area (Å²) in [4.78, 5) is 16.5. The predicted molar refractivity (Wildman–Crippen MR) is 93.2 cm³/mol. The van der Waals surface area contributed by atoms with Gasteiger partial charge < -0.3 is 15.4 Å². The predicted octanol–water partition coefficient (Wildman–Crippen LogP) is 3.58. The lowest BCUT2D eigenvalue weighted by Crippen LogP contribution is -2.38. The molecule has 0 saturated heterocycles. The van der Waals surface area contributed by atoms with Crippen LogP contribution in [0.4, 0.5) is 5.69 Å². The molecule has 1 aliphatic rings. The normalized spacial score (nSPS) is 16.0. The van der Waals surface area contributed by atoms with Gasteiger partial charge in [-0.1, -0.05) is 30.3 Å². The maximum absolute atomic E-state index is 12.3. The van der Waals surface area contributed by atoms with Crippen LogP contribution in [0.5, 0.6) is 5.75 Å². The topological polar surface area (TPSA) is 63.2 Å². The number of thiazole rings is 1. The number of ether oxygens (including phenoxy) is 1. The molecule has 6 heteroatoms. The van der Waals surface area contributed by atoms with Crippen molar-refractivity contribution in [3.8, 4) is 5.75 Å². The van der Waals surface area contributed by atoms with Crippen LogP contribution in [-0.4, -0.2) is 10.9 Å². The van der Waals surface area contributed by atoms with Crippen molar-refractivity contribution >= 4 is 22.9 Å². The molecule has 1 atom stereocenters. The summed E-state index contributed by atoms with van der Waals surface area (Å²) >= 11 is 1.54. The number of anilines is 1. The Hall–Kier alpha value is -2.86. The van der Waals surface area contributed by atoms with Gasteiger partial charge in [0, 0.05) is 16.6 Å². The molecule has 0 spiro atoms. The van der Waals surface area contributed by atoms with Crippen molar-refractivity contribution < 1.29 is 9.53 Å². The maximum Gasteiger partial charge on any atom is 0.255 e. The second kappa shape index (κ2) is 6.33. The van der Waals surface area contributed by atoms with E-state index >= 15 is 0 Å². The zero-order valence-corrected chi connectivity index (χ0v) is 13.5. The standard InChI is InChI=1S/C18H15N3O2S/c22-18-13-5-1-3-7-15(13)20-17(21-18)14-6-2-4-8-16(14)23-9-12-10-24-11-19-12/h1-8,10-11,17,20H,9H2,(H,21,22). The molecular weight excluding hydrogens is 322 g/mol. The van der Waals surface area contributed by atoms with E-state index in [-0.39, 0.29) is 12.1 Å². The monoisotopic (exact) mass is 337 g/mol. The zero-order valence-electron chi connectivity index (χ0n) is 12.7. The van der Waals surface area contributed by atoms with Gasteiger partial charge in [-0.2, -0.15) is 0 Å². The molecule has 0 radical (unpaired) electrons. The number of carbonyl (C=O) groups is 1. The summed E-state index contributed by atoms with van der Waals surface area (Å²) < 4.78 is 5.91. The minimum absolute atomic E-state index is 0.0938. The second-order valence-electron chi connectivity index (χ2n) is 5.40. The van der Waals surface area contributed by atoms with Gasteiger partial charge in [0.25, 0.3) is 5.91 Å². The highest BCUT2D eigenvalue weighted by molar-refractivity contribution is 7.07. The summed E-state index contributed by atoms with van der Waals surface area (Å²) in [6.07, 6.45) is -0.334. The van der Waals surface area contributed by atoms with Gasteiger partial charge in [-0.15, -0.1) is 11.3 Å². The van der Waals surface area contributed by atoms with Crippen molar-refractivity contribution in [1.29, 1.82) is 0 Å². The number of carbonyl (C=O) groups excluding carboxylic acids is 1. The van der Waals surface area contributed by atoms with Crippen LogP contribution in [0.15, 0.2) is 59.4 Å². The summed E-state index contributed by atoms with van der Waals surface area (Å²) in [6.45, 7) is 0.401. The lowest BCUT2D eigenvalue weighted by Gasteiger charge is -2.29. The van der Waals surface area contributed by atoms with E-state index in [1.54, 1.807) is 11.6 Å². The summed E-state index contributed by atoms with van der Waals surface area (Å²) in [5, 5.41) is 8.29. The Balaban J connectivity index is 1.59. The van der Waals surface area contributed by atoms with E-state index in [1.165, 1.54) is 11.3 Å². The average molecular weight is 337 g/mol. The SMILES string of the molecule is O=C1NC(c2ccccc2OCc2cscn2)Nc2ccccc21. The van der Waals surface area contributed by atoms with Gasteiger partial charge in [-0.05, 0) is 18.2 Å². The average Bonchev–Trinajstić information content (AvgIpc) is 3.14. The first-order chi connectivity index (χ1) is 11.8. The maximum atomic E-state index is 12.3. The molecule has 2 aromatic carbocycles. The van der Waals surface area contributed by atoms with Gasteiger partial charge in [0.05, 0.1) is 16.8 Å². The first-order valence-electron chi connectivity index (χ1n) is 7.56. The molecular formula is C18H15N3O2S. The number of hydrogen-bond donors (Lipinski definition) is 2. The van der Waals surface area contributed by atoms with E-state index in [0.717, 1.165) is 22.7 Å². The van der Waals surface area contributed by atoms with E-state index in [4.69, 9.17) is 4.74 Å². The van der Waals surface area contributed by atoms with Crippen LogP contribution in [-0.2, 0) is 6.61 Å². The number of rotatable bonds is 4. The Kier molecular flexibility index (Phi) is 3.88. The van der Waals surface area contributed by atoms with E-state index in [9.17, 15) is 4.79 Å². The number of amides is 1. The number of nitrogens with one attached hydrogen (secondary N) is 2. The van der Waals surface area contributed by atoms with Crippen LogP contribution in [0.2, 0.25) is 0 Å². The summed E-state index contributed by atoms with van der Waals surface area (Å²) in [7, 11) is 0. The van der Waals surface area contributed by atoms with Crippen LogP contribution in [0.1, 0.15) is 27.8 Å². The number of aromatic nitrogens is 1. The van der Waals surface area contributed by atoms with Gasteiger partial charge in [0.2, 0.25) is 0 Å². The largest absolute Gasteiger partial charge is 0.487 e. The molecule has 0 saturated carbocycles. The van der Waals surface area contributed by atoms with Gasteiger partial charge in [-0.25, -0.2) is 4.98 Å². The van der Waals surface area contributed by atoms with E-state index in [0.29, 0.717) is 12.2 Å². The Morgan fingerprint density at radius 1 is 1.08 bits per heavy atom. The Morgan fingerprint density at radius 2 is 1.92 bits per heavy atom. The van der Waals surface area contributed by atoms with Crippen LogP contribution in [0.3, 0.4) is 0 Å². The molecule has 4 rings (SSSR count). The van der Waals surface area contributed by atoms with Crippen LogP contribution in [0, 0.1) is 0 Å². The molecule has 120 valence electrons. The van der Waals surface area contributed by atoms with Crippen LogP contribution in [0.25, 0.3) is 0 Å². The molecule has 1 aliphatic heterocycles. The van der Waals surface area contributed by atoms with Crippen molar-refractivity contribution in [1.82, 2.24) is 10.3 Å². The minimum Gasteiger partial charge on any atom is -0.487 e. The van der Waals surface area contributed by atoms with Crippen molar-refractivity contribution in [2.75, 3.05) is 5.32 Å². The number of hydrogen-bond acceptors (Lipinski definition) is 5. The third kappa shape index (κ3) is 2.83. The summed E-state index contributed by atoms with van der Waals surface area (Å²) in [5.41, 5.74) is 5.02. The highest BCUT2D eigenvalue weighted by atomic mass is 32.1. The number of nitrogens with zero attached hydrogens (tertiary/aromatic N) is 1. The van der Waals surface area contributed by atoms with Crippen molar-refractivity contribution in [2.45, 2.75) is 12.8 Å². The molecule has 5 nitrogen and oxygen atoms in total. The van der Waals surface area contributed by atoms with Crippen LogP contribution < -0.4 is 15.4 Å². The van der Waals surface area contributed by atoms with Gasteiger partial charge in [-0.3, -0.25) is 4.79 Å². The molecule has 3 aromatic rings. The number of benzene rings is 2. The fourth-order valence-electron chi connectivity index (χ4n) is 2.67. The Labute approximate surface area is 143 Å². The molecule has 1 amide bonds. The number of para-hydroxylation sites is 2. The third-order valence-corrected chi connectivity index (χ3v) is 4.47. The van der Waals surface area contributed by atoms with Crippen molar-refractivity contribution in [3.63, 3.8) is 0 Å². The molecule has 0 bridgehead atoms. The zero-order chi connectivity index (χ0) is 16.4. The third-order valence-electron chi connectivity index (χ3n) is 3.84. The van der Waals surface area contributed by atoms with Crippen molar-refractivity contribution in [3.05, 3.63) is 76.2 Å². The molecule has 2 heterocycles. The quantitative estimate of drug-likeness (QED) is 0.764. The molecule has 0 aliphatic carbocycles. The molecule has 1 unspecified atom stereocenters. The van der Waals surface area contributed by atoms with Crippen LogP contribution >= 0.6 is 11.3 Å². The van der Waals surface area contributed by atoms with Gasteiger partial charge in [0.1, 0.15) is 18.5 Å². The fourth-order valence-corrected chi connectivity index (χ4v) is 3.22. The lowest BCUT2D eigenvalue weighted by atomic mass is 10.1. The van der Waals surface area contributed by atoms with Gasteiger partial charge >= 0.3 is 0 Å². The molecule has 24 heavy (non-hydrogen) atoms. The van der Waals surface area contributed by atoms with E-state index in [1.807, 2.05) is 47.8 Å². The first kappa shape index (κ1) is 14.7.